The monoisotopic (exact) mass is 343 g/mol. The number of amides is 1. The lowest BCUT2D eigenvalue weighted by Crippen LogP contribution is -2.27. The number of hydrogen-bond acceptors (Lipinski definition) is 5. The summed E-state index contributed by atoms with van der Waals surface area (Å²) in [4.78, 5) is 16.8. The Bertz CT molecular complexity index is 733. The molecule has 1 fully saturated rings. The van der Waals surface area contributed by atoms with Crippen LogP contribution in [0.5, 0.6) is 5.75 Å². The Morgan fingerprint density at radius 2 is 2.12 bits per heavy atom. The first-order valence-corrected chi connectivity index (χ1v) is 8.77. The van der Waals surface area contributed by atoms with Gasteiger partial charge in [-0.2, -0.15) is 0 Å². The number of benzene rings is 1. The summed E-state index contributed by atoms with van der Waals surface area (Å²) >= 11 is 0. The molecule has 2 aromatic rings. The number of nitrogens with one attached hydrogen (secondary N) is 2. The molecule has 1 aromatic heterocycles. The molecule has 0 bridgehead atoms. The third-order valence-corrected chi connectivity index (χ3v) is 4.32. The Balaban J connectivity index is 1.72. The van der Waals surface area contributed by atoms with Gasteiger partial charge in [-0.15, -0.1) is 0 Å². The SMILES string of the molecule is Cc1cc(NC(=O)c2ncoc2C2CCNCC2)ccc1OC(C)C. The molecule has 6 heteroatoms. The number of carbonyl (C=O) groups excluding carboxylic acids is 1. The predicted octanol–water partition coefficient (Wildman–Crippen LogP) is 3.49. The second kappa shape index (κ2) is 7.70. The van der Waals surface area contributed by atoms with Gasteiger partial charge < -0.3 is 19.8 Å². The van der Waals surface area contributed by atoms with Crippen molar-refractivity contribution in [2.45, 2.75) is 45.6 Å². The van der Waals surface area contributed by atoms with E-state index in [1.165, 1.54) is 6.39 Å². The number of anilines is 1. The van der Waals surface area contributed by atoms with Crippen molar-refractivity contribution in [1.82, 2.24) is 10.3 Å². The van der Waals surface area contributed by atoms with Crippen LogP contribution in [0.2, 0.25) is 0 Å². The molecule has 0 saturated carbocycles. The zero-order valence-electron chi connectivity index (χ0n) is 15.0. The van der Waals surface area contributed by atoms with Crippen molar-refractivity contribution in [3.63, 3.8) is 0 Å². The lowest BCUT2D eigenvalue weighted by atomic mass is 9.94. The highest BCUT2D eigenvalue weighted by atomic mass is 16.5. The van der Waals surface area contributed by atoms with Crippen LogP contribution in [0.15, 0.2) is 29.0 Å². The maximum absolute atomic E-state index is 12.6. The lowest BCUT2D eigenvalue weighted by Gasteiger charge is -2.21. The van der Waals surface area contributed by atoms with Gasteiger partial charge >= 0.3 is 0 Å². The van der Waals surface area contributed by atoms with Crippen LogP contribution in [0.1, 0.15) is 54.4 Å². The number of aryl methyl sites for hydroxylation is 1. The van der Waals surface area contributed by atoms with E-state index in [1.54, 1.807) is 0 Å². The summed E-state index contributed by atoms with van der Waals surface area (Å²) < 4.78 is 11.3. The molecular formula is C19H25N3O3. The molecule has 0 aliphatic carbocycles. The summed E-state index contributed by atoms with van der Waals surface area (Å²) in [6.07, 6.45) is 3.38. The second-order valence-corrected chi connectivity index (χ2v) is 6.69. The van der Waals surface area contributed by atoms with Gasteiger partial charge in [0, 0.05) is 11.6 Å². The van der Waals surface area contributed by atoms with E-state index in [1.807, 2.05) is 39.0 Å². The van der Waals surface area contributed by atoms with Gasteiger partial charge in [-0.25, -0.2) is 4.98 Å². The molecule has 2 heterocycles. The number of piperidine rings is 1. The summed E-state index contributed by atoms with van der Waals surface area (Å²) in [7, 11) is 0. The van der Waals surface area contributed by atoms with E-state index in [2.05, 4.69) is 15.6 Å². The third-order valence-electron chi connectivity index (χ3n) is 4.32. The van der Waals surface area contributed by atoms with Crippen molar-refractivity contribution in [2.24, 2.45) is 0 Å². The number of rotatable bonds is 5. The number of ether oxygens (including phenoxy) is 1. The standard InChI is InChI=1S/C19H25N3O3/c1-12(2)25-16-5-4-15(10-13(16)3)22-19(23)17-18(24-11-21-17)14-6-8-20-9-7-14/h4-5,10-12,14,20H,6-9H2,1-3H3,(H,22,23). The zero-order chi connectivity index (χ0) is 17.8. The van der Waals surface area contributed by atoms with Crippen LogP contribution in [-0.2, 0) is 0 Å². The Morgan fingerprint density at radius 3 is 2.80 bits per heavy atom. The van der Waals surface area contributed by atoms with Gasteiger partial charge in [0.2, 0.25) is 0 Å². The van der Waals surface area contributed by atoms with Crippen LogP contribution in [0.3, 0.4) is 0 Å². The molecular weight excluding hydrogens is 318 g/mol. The van der Waals surface area contributed by atoms with Gasteiger partial charge in [-0.3, -0.25) is 4.79 Å². The van der Waals surface area contributed by atoms with E-state index < -0.39 is 0 Å². The molecule has 134 valence electrons. The summed E-state index contributed by atoms with van der Waals surface area (Å²) in [5.41, 5.74) is 2.08. The molecule has 0 spiro atoms. The fourth-order valence-electron chi connectivity index (χ4n) is 3.10. The van der Waals surface area contributed by atoms with Crippen LogP contribution in [0.25, 0.3) is 0 Å². The van der Waals surface area contributed by atoms with Crippen LogP contribution in [-0.4, -0.2) is 30.1 Å². The Morgan fingerprint density at radius 1 is 1.36 bits per heavy atom. The number of aromatic nitrogens is 1. The van der Waals surface area contributed by atoms with Crippen molar-refractivity contribution in [2.75, 3.05) is 18.4 Å². The van der Waals surface area contributed by atoms with Crippen molar-refractivity contribution in [1.29, 1.82) is 0 Å². The lowest BCUT2D eigenvalue weighted by molar-refractivity contribution is 0.102. The highest BCUT2D eigenvalue weighted by Gasteiger charge is 2.26. The highest BCUT2D eigenvalue weighted by molar-refractivity contribution is 6.03. The first-order valence-electron chi connectivity index (χ1n) is 8.77. The fourth-order valence-corrected chi connectivity index (χ4v) is 3.10. The maximum Gasteiger partial charge on any atom is 0.277 e. The Kier molecular flexibility index (Phi) is 5.38. The molecule has 3 rings (SSSR count). The number of oxazole rings is 1. The minimum absolute atomic E-state index is 0.113. The van der Waals surface area contributed by atoms with Crippen LogP contribution < -0.4 is 15.4 Å². The first-order chi connectivity index (χ1) is 12.0. The van der Waals surface area contributed by atoms with Crippen LogP contribution >= 0.6 is 0 Å². The quantitative estimate of drug-likeness (QED) is 0.869. The molecule has 2 N–H and O–H groups in total. The Labute approximate surface area is 148 Å². The topological polar surface area (TPSA) is 76.4 Å². The smallest absolute Gasteiger partial charge is 0.277 e. The molecule has 1 aliphatic rings. The molecule has 0 unspecified atom stereocenters. The predicted molar refractivity (Wildman–Crippen MR) is 96.2 cm³/mol. The number of carbonyl (C=O) groups is 1. The van der Waals surface area contributed by atoms with Crippen molar-refractivity contribution in [3.8, 4) is 5.75 Å². The highest BCUT2D eigenvalue weighted by Crippen LogP contribution is 2.28. The Hall–Kier alpha value is -2.34. The second-order valence-electron chi connectivity index (χ2n) is 6.69. The molecule has 0 radical (unpaired) electrons. The third kappa shape index (κ3) is 4.20. The zero-order valence-corrected chi connectivity index (χ0v) is 15.0. The van der Waals surface area contributed by atoms with E-state index in [-0.39, 0.29) is 17.9 Å². The van der Waals surface area contributed by atoms with Gasteiger partial charge in [-0.1, -0.05) is 0 Å². The van der Waals surface area contributed by atoms with Gasteiger partial charge in [0.05, 0.1) is 6.10 Å². The van der Waals surface area contributed by atoms with E-state index in [4.69, 9.17) is 9.15 Å². The van der Waals surface area contributed by atoms with E-state index in [9.17, 15) is 4.79 Å². The van der Waals surface area contributed by atoms with Gasteiger partial charge in [0.25, 0.3) is 5.91 Å². The van der Waals surface area contributed by atoms with E-state index in [0.29, 0.717) is 11.5 Å². The first kappa shape index (κ1) is 17.5. The van der Waals surface area contributed by atoms with Crippen molar-refractivity contribution >= 4 is 11.6 Å². The average Bonchev–Trinajstić information content (AvgIpc) is 3.08. The van der Waals surface area contributed by atoms with Gasteiger partial charge in [0.15, 0.2) is 12.1 Å². The molecule has 1 amide bonds. The number of hydrogen-bond donors (Lipinski definition) is 2. The van der Waals surface area contributed by atoms with Crippen LogP contribution in [0, 0.1) is 6.92 Å². The minimum atomic E-state index is -0.237. The average molecular weight is 343 g/mol. The van der Waals surface area contributed by atoms with Gasteiger partial charge in [-0.05, 0) is 70.5 Å². The van der Waals surface area contributed by atoms with E-state index >= 15 is 0 Å². The van der Waals surface area contributed by atoms with Gasteiger partial charge in [0.1, 0.15) is 11.5 Å². The summed E-state index contributed by atoms with van der Waals surface area (Å²) in [6.45, 7) is 7.81. The molecule has 1 saturated heterocycles. The number of nitrogens with zero attached hydrogens (tertiary/aromatic N) is 1. The van der Waals surface area contributed by atoms with E-state index in [0.717, 1.165) is 42.9 Å². The summed E-state index contributed by atoms with van der Waals surface area (Å²) in [6, 6.07) is 5.62. The molecule has 1 aliphatic heterocycles. The van der Waals surface area contributed by atoms with Crippen LogP contribution in [0.4, 0.5) is 5.69 Å². The van der Waals surface area contributed by atoms with Crippen molar-refractivity contribution in [3.05, 3.63) is 41.6 Å². The molecule has 6 nitrogen and oxygen atoms in total. The largest absolute Gasteiger partial charge is 0.491 e. The van der Waals surface area contributed by atoms with Crippen molar-refractivity contribution < 1.29 is 13.9 Å². The molecule has 1 aromatic carbocycles. The maximum atomic E-state index is 12.6. The normalized spacial score (nSPS) is 15.4. The molecule has 0 atom stereocenters. The summed E-state index contributed by atoms with van der Waals surface area (Å²) in [5.74, 6) is 1.52. The summed E-state index contributed by atoms with van der Waals surface area (Å²) in [5, 5.41) is 6.23. The fraction of sp³-hybridized carbons (Fsp3) is 0.474. The minimum Gasteiger partial charge on any atom is -0.491 e. The molecule has 25 heavy (non-hydrogen) atoms.